The van der Waals surface area contributed by atoms with Gasteiger partial charge in [0.1, 0.15) is 19.2 Å². The number of carbonyl (C=O) groups excluding carboxylic acids is 2. The lowest BCUT2D eigenvalue weighted by atomic mass is 9.86. The van der Waals surface area contributed by atoms with E-state index >= 15 is 0 Å². The topological polar surface area (TPSA) is 105 Å². The number of methoxy groups -OCH3 is 1. The standard InChI is InChI=1S/C26H32N2O6/c1-26(2,3)23(24(31)28(13-14-33-4)15-22(29)30)27-25(32)34-16-21-19-11-7-5-9-17(19)18-10-6-8-12-20(18)21/h5-12,21,23H,13-16H2,1-4H3,(H,27,32)(H,29,30)/t23-/m1/s1. The fourth-order valence-corrected chi connectivity index (χ4v) is 4.22. The predicted octanol–water partition coefficient (Wildman–Crippen LogP) is 3.50. The lowest BCUT2D eigenvalue weighted by Crippen LogP contribution is -2.56. The van der Waals surface area contributed by atoms with Crippen LogP contribution in [0.15, 0.2) is 48.5 Å². The Morgan fingerprint density at radius 3 is 2.09 bits per heavy atom. The second-order valence-electron chi connectivity index (χ2n) is 9.42. The van der Waals surface area contributed by atoms with Crippen molar-refractivity contribution in [3.8, 4) is 11.1 Å². The minimum absolute atomic E-state index is 0.0978. The maximum Gasteiger partial charge on any atom is 0.407 e. The van der Waals surface area contributed by atoms with Crippen LogP contribution in [0.4, 0.5) is 4.79 Å². The van der Waals surface area contributed by atoms with Gasteiger partial charge >= 0.3 is 12.1 Å². The number of aliphatic carboxylic acids is 1. The highest BCUT2D eigenvalue weighted by atomic mass is 16.5. The number of fused-ring (bicyclic) bond motifs is 3. The number of carboxylic acid groups (broad SMARTS) is 1. The Balaban J connectivity index is 1.72. The van der Waals surface area contributed by atoms with Crippen LogP contribution in [0.3, 0.4) is 0 Å². The van der Waals surface area contributed by atoms with Crippen molar-refractivity contribution in [3.63, 3.8) is 0 Å². The number of hydrogen-bond acceptors (Lipinski definition) is 5. The van der Waals surface area contributed by atoms with E-state index in [4.69, 9.17) is 9.47 Å². The number of alkyl carbamates (subject to hydrolysis) is 1. The molecule has 2 aromatic rings. The highest BCUT2D eigenvalue weighted by Crippen LogP contribution is 2.44. The number of nitrogens with zero attached hydrogens (tertiary/aromatic N) is 1. The minimum Gasteiger partial charge on any atom is -0.480 e. The molecule has 8 nitrogen and oxygen atoms in total. The Kier molecular flexibility index (Phi) is 7.94. The van der Waals surface area contributed by atoms with E-state index in [0.29, 0.717) is 0 Å². The van der Waals surface area contributed by atoms with Crippen molar-refractivity contribution in [1.82, 2.24) is 10.2 Å². The van der Waals surface area contributed by atoms with E-state index in [9.17, 15) is 19.5 Å². The maximum atomic E-state index is 13.2. The van der Waals surface area contributed by atoms with Crippen LogP contribution < -0.4 is 5.32 Å². The van der Waals surface area contributed by atoms with Gasteiger partial charge in [-0.25, -0.2) is 4.79 Å². The van der Waals surface area contributed by atoms with Gasteiger partial charge in [0, 0.05) is 19.6 Å². The molecule has 0 saturated heterocycles. The molecule has 0 fully saturated rings. The van der Waals surface area contributed by atoms with Crippen molar-refractivity contribution in [3.05, 3.63) is 59.7 Å². The summed E-state index contributed by atoms with van der Waals surface area (Å²) in [4.78, 5) is 38.4. The Hall–Kier alpha value is -3.39. The second-order valence-corrected chi connectivity index (χ2v) is 9.42. The van der Waals surface area contributed by atoms with Gasteiger partial charge in [0.25, 0.3) is 0 Å². The molecule has 0 radical (unpaired) electrons. The molecule has 2 aromatic carbocycles. The van der Waals surface area contributed by atoms with Crippen LogP contribution in [0.1, 0.15) is 37.8 Å². The Bertz CT molecular complexity index is 1000. The van der Waals surface area contributed by atoms with E-state index in [1.807, 2.05) is 36.4 Å². The Morgan fingerprint density at radius 1 is 1.03 bits per heavy atom. The smallest absolute Gasteiger partial charge is 0.407 e. The van der Waals surface area contributed by atoms with Crippen molar-refractivity contribution in [2.75, 3.05) is 33.4 Å². The number of nitrogens with one attached hydrogen (secondary N) is 1. The van der Waals surface area contributed by atoms with Crippen LogP contribution in [0, 0.1) is 5.41 Å². The van der Waals surface area contributed by atoms with E-state index in [1.54, 1.807) is 20.8 Å². The third kappa shape index (κ3) is 5.75. The zero-order valence-corrected chi connectivity index (χ0v) is 20.0. The van der Waals surface area contributed by atoms with Crippen LogP contribution in [0.25, 0.3) is 11.1 Å². The maximum absolute atomic E-state index is 13.2. The van der Waals surface area contributed by atoms with Gasteiger partial charge in [0.2, 0.25) is 5.91 Å². The predicted molar refractivity (Wildman–Crippen MR) is 128 cm³/mol. The summed E-state index contributed by atoms with van der Waals surface area (Å²) in [6.07, 6.45) is -0.725. The van der Waals surface area contributed by atoms with Crippen molar-refractivity contribution in [2.45, 2.75) is 32.7 Å². The first kappa shape index (κ1) is 25.2. The highest BCUT2D eigenvalue weighted by molar-refractivity contribution is 5.89. The molecule has 1 atom stereocenters. The monoisotopic (exact) mass is 468 g/mol. The zero-order chi connectivity index (χ0) is 24.9. The molecule has 0 heterocycles. The molecule has 2 amide bonds. The molecule has 0 saturated carbocycles. The molecule has 0 unspecified atom stereocenters. The van der Waals surface area contributed by atoms with Gasteiger partial charge in [-0.1, -0.05) is 69.3 Å². The molecule has 182 valence electrons. The van der Waals surface area contributed by atoms with Gasteiger partial charge in [0.15, 0.2) is 0 Å². The van der Waals surface area contributed by atoms with E-state index in [1.165, 1.54) is 12.0 Å². The molecule has 1 aliphatic rings. The molecule has 3 rings (SSSR count). The quantitative estimate of drug-likeness (QED) is 0.584. The third-order valence-electron chi connectivity index (χ3n) is 5.92. The van der Waals surface area contributed by atoms with Crippen LogP contribution in [-0.2, 0) is 19.1 Å². The first-order chi connectivity index (χ1) is 16.1. The molecule has 8 heteroatoms. The average Bonchev–Trinajstić information content (AvgIpc) is 3.11. The van der Waals surface area contributed by atoms with E-state index in [0.717, 1.165) is 22.3 Å². The highest BCUT2D eigenvalue weighted by Gasteiger charge is 2.37. The zero-order valence-electron chi connectivity index (χ0n) is 20.0. The van der Waals surface area contributed by atoms with E-state index in [-0.39, 0.29) is 25.7 Å². The number of carbonyl (C=O) groups is 3. The molecular weight excluding hydrogens is 436 g/mol. The van der Waals surface area contributed by atoms with Crippen molar-refractivity contribution >= 4 is 18.0 Å². The first-order valence-corrected chi connectivity index (χ1v) is 11.2. The first-order valence-electron chi connectivity index (χ1n) is 11.2. The Morgan fingerprint density at radius 2 is 1.59 bits per heavy atom. The van der Waals surface area contributed by atoms with Gasteiger partial charge in [0.05, 0.1) is 6.61 Å². The number of benzene rings is 2. The van der Waals surface area contributed by atoms with Crippen molar-refractivity contribution in [2.24, 2.45) is 5.41 Å². The summed E-state index contributed by atoms with van der Waals surface area (Å²) in [6, 6.07) is 15.1. The molecule has 34 heavy (non-hydrogen) atoms. The molecule has 0 aromatic heterocycles. The number of ether oxygens (including phenoxy) is 2. The molecule has 0 bridgehead atoms. The third-order valence-corrected chi connectivity index (χ3v) is 5.92. The minimum atomic E-state index is -1.14. The summed E-state index contributed by atoms with van der Waals surface area (Å²) in [5.74, 6) is -1.74. The summed E-state index contributed by atoms with van der Waals surface area (Å²) in [5, 5.41) is 11.9. The van der Waals surface area contributed by atoms with E-state index < -0.39 is 36.0 Å². The molecule has 0 aliphatic heterocycles. The van der Waals surface area contributed by atoms with Gasteiger partial charge in [-0.15, -0.1) is 0 Å². The van der Waals surface area contributed by atoms with E-state index in [2.05, 4.69) is 17.4 Å². The molecule has 1 aliphatic carbocycles. The second kappa shape index (κ2) is 10.7. The molecule has 0 spiro atoms. The van der Waals surface area contributed by atoms with Crippen LogP contribution >= 0.6 is 0 Å². The van der Waals surface area contributed by atoms with Crippen LogP contribution in [0.5, 0.6) is 0 Å². The number of carboxylic acids is 1. The number of hydrogen-bond donors (Lipinski definition) is 2. The van der Waals surface area contributed by atoms with Gasteiger partial charge in [-0.05, 0) is 27.7 Å². The van der Waals surface area contributed by atoms with Crippen LogP contribution in [0.2, 0.25) is 0 Å². The molecule has 2 N–H and O–H groups in total. The van der Waals surface area contributed by atoms with Gasteiger partial charge in [-0.3, -0.25) is 9.59 Å². The van der Waals surface area contributed by atoms with Crippen molar-refractivity contribution in [1.29, 1.82) is 0 Å². The lowest BCUT2D eigenvalue weighted by molar-refractivity contribution is -0.147. The molecular formula is C26H32N2O6. The lowest BCUT2D eigenvalue weighted by Gasteiger charge is -2.34. The SMILES string of the molecule is COCCN(CC(=O)O)C(=O)[C@@H](NC(=O)OCC1c2ccccc2-c2ccccc21)C(C)(C)C. The number of amides is 2. The fraction of sp³-hybridized carbons (Fsp3) is 0.423. The van der Waals surface area contributed by atoms with Gasteiger partial charge in [-0.2, -0.15) is 0 Å². The Labute approximate surface area is 199 Å². The summed E-state index contributed by atoms with van der Waals surface area (Å²) < 4.78 is 10.6. The van der Waals surface area contributed by atoms with Crippen LogP contribution in [-0.4, -0.2) is 67.4 Å². The summed E-state index contributed by atoms with van der Waals surface area (Å²) in [5.41, 5.74) is 3.75. The normalized spacial score (nSPS) is 13.5. The summed E-state index contributed by atoms with van der Waals surface area (Å²) >= 11 is 0. The van der Waals surface area contributed by atoms with Crippen molar-refractivity contribution < 1.29 is 29.0 Å². The fourth-order valence-electron chi connectivity index (χ4n) is 4.22. The largest absolute Gasteiger partial charge is 0.480 e. The average molecular weight is 469 g/mol. The summed E-state index contributed by atoms with van der Waals surface area (Å²) in [7, 11) is 1.47. The summed E-state index contributed by atoms with van der Waals surface area (Å²) in [6.45, 7) is 5.31. The number of rotatable bonds is 9. The van der Waals surface area contributed by atoms with Gasteiger partial charge < -0.3 is 24.8 Å².